The Bertz CT molecular complexity index is 302. The predicted molar refractivity (Wildman–Crippen MR) is 41.6 cm³/mol. The van der Waals surface area contributed by atoms with Crippen molar-refractivity contribution < 1.29 is 9.32 Å². The van der Waals surface area contributed by atoms with Crippen LogP contribution in [0.1, 0.15) is 41.2 Å². The number of rotatable bonds is 2. The van der Waals surface area contributed by atoms with E-state index in [0.29, 0.717) is 11.5 Å². The molecule has 2 rings (SSSR count). The fraction of sp³-hybridized carbons (Fsp3) is 0.500. The molecule has 0 atom stereocenters. The molecule has 0 unspecified atom stereocenters. The van der Waals surface area contributed by atoms with Crippen molar-refractivity contribution in [2.75, 3.05) is 0 Å². The molecule has 1 amide bonds. The molecule has 1 heterocycles. The monoisotopic (exact) mass is 166 g/mol. The molecule has 1 aliphatic rings. The van der Waals surface area contributed by atoms with Crippen molar-refractivity contribution in [2.45, 2.75) is 25.2 Å². The van der Waals surface area contributed by atoms with Crippen molar-refractivity contribution in [3.8, 4) is 0 Å². The van der Waals surface area contributed by atoms with Gasteiger partial charge in [0, 0.05) is 5.92 Å². The predicted octanol–water partition coefficient (Wildman–Crippen LogP) is 1.04. The zero-order valence-electron chi connectivity index (χ0n) is 6.62. The van der Waals surface area contributed by atoms with E-state index >= 15 is 0 Å². The summed E-state index contributed by atoms with van der Waals surface area (Å²) in [5.74, 6) is -0.0515. The van der Waals surface area contributed by atoms with Gasteiger partial charge in [-0.1, -0.05) is 11.6 Å². The fourth-order valence-corrected chi connectivity index (χ4v) is 1.41. The van der Waals surface area contributed by atoms with Crippen LogP contribution in [0, 0.1) is 0 Å². The summed E-state index contributed by atoms with van der Waals surface area (Å²) < 4.78 is 4.71. The largest absolute Gasteiger partial charge is 0.365 e. The second-order valence-corrected chi connectivity index (χ2v) is 3.11. The van der Waals surface area contributed by atoms with Gasteiger partial charge in [0.05, 0.1) is 5.69 Å². The van der Waals surface area contributed by atoms with E-state index in [0.717, 1.165) is 18.5 Å². The standard InChI is InChI=1S/C8H10N2O2/c9-8(11)6-4-12-10-7(6)5-2-1-3-5/h4-5H,1-3H2,(H2,9,11). The lowest BCUT2D eigenvalue weighted by molar-refractivity contribution is 0.0998. The molecule has 0 saturated heterocycles. The van der Waals surface area contributed by atoms with Crippen LogP contribution in [0.4, 0.5) is 0 Å². The van der Waals surface area contributed by atoms with E-state index in [-0.39, 0.29) is 0 Å². The molecule has 4 heteroatoms. The molecule has 4 nitrogen and oxygen atoms in total. The molecule has 1 aliphatic carbocycles. The molecule has 2 N–H and O–H groups in total. The smallest absolute Gasteiger partial charge is 0.253 e. The van der Waals surface area contributed by atoms with Crippen molar-refractivity contribution >= 4 is 5.91 Å². The molecule has 1 aromatic rings. The molecule has 0 bridgehead atoms. The lowest BCUT2D eigenvalue weighted by Gasteiger charge is -2.23. The highest BCUT2D eigenvalue weighted by Crippen LogP contribution is 2.36. The van der Waals surface area contributed by atoms with Crippen LogP contribution >= 0.6 is 0 Å². The zero-order chi connectivity index (χ0) is 8.55. The highest BCUT2D eigenvalue weighted by atomic mass is 16.5. The van der Waals surface area contributed by atoms with Crippen LogP contribution in [-0.4, -0.2) is 11.1 Å². The van der Waals surface area contributed by atoms with Crippen molar-refractivity contribution in [3.05, 3.63) is 17.5 Å². The first-order valence-corrected chi connectivity index (χ1v) is 4.03. The summed E-state index contributed by atoms with van der Waals surface area (Å²) in [4.78, 5) is 10.8. The minimum absolute atomic E-state index is 0.395. The minimum atomic E-state index is -0.446. The first-order chi connectivity index (χ1) is 5.79. The van der Waals surface area contributed by atoms with Gasteiger partial charge in [-0.15, -0.1) is 0 Å². The van der Waals surface area contributed by atoms with E-state index in [4.69, 9.17) is 10.3 Å². The highest BCUT2D eigenvalue weighted by Gasteiger charge is 2.27. The van der Waals surface area contributed by atoms with Gasteiger partial charge in [0.1, 0.15) is 11.8 Å². The molecular formula is C8H10N2O2. The molecule has 1 fully saturated rings. The minimum Gasteiger partial charge on any atom is -0.365 e. The second-order valence-electron chi connectivity index (χ2n) is 3.11. The van der Waals surface area contributed by atoms with E-state index < -0.39 is 5.91 Å². The topological polar surface area (TPSA) is 69.1 Å². The summed E-state index contributed by atoms with van der Waals surface area (Å²) in [6, 6.07) is 0. The van der Waals surface area contributed by atoms with Crippen LogP contribution in [0.5, 0.6) is 0 Å². The van der Waals surface area contributed by atoms with E-state index in [1.807, 2.05) is 0 Å². The molecule has 64 valence electrons. The van der Waals surface area contributed by atoms with Crippen molar-refractivity contribution in [1.82, 2.24) is 5.16 Å². The van der Waals surface area contributed by atoms with Gasteiger partial charge in [-0.25, -0.2) is 0 Å². The lowest BCUT2D eigenvalue weighted by atomic mass is 9.81. The van der Waals surface area contributed by atoms with Gasteiger partial charge in [-0.05, 0) is 12.8 Å². The number of amides is 1. The van der Waals surface area contributed by atoms with Crippen LogP contribution in [0.2, 0.25) is 0 Å². The van der Waals surface area contributed by atoms with Gasteiger partial charge in [0.25, 0.3) is 5.91 Å². The first-order valence-electron chi connectivity index (χ1n) is 4.03. The Hall–Kier alpha value is -1.32. The molecule has 0 radical (unpaired) electrons. The van der Waals surface area contributed by atoms with Gasteiger partial charge in [0.2, 0.25) is 0 Å². The van der Waals surface area contributed by atoms with Gasteiger partial charge < -0.3 is 10.3 Å². The van der Waals surface area contributed by atoms with Crippen molar-refractivity contribution in [3.63, 3.8) is 0 Å². The van der Waals surface area contributed by atoms with Gasteiger partial charge >= 0.3 is 0 Å². The normalized spacial score (nSPS) is 17.3. The van der Waals surface area contributed by atoms with E-state index in [2.05, 4.69) is 5.16 Å². The maximum Gasteiger partial charge on any atom is 0.253 e. The molecule has 0 spiro atoms. The van der Waals surface area contributed by atoms with Crippen molar-refractivity contribution in [1.29, 1.82) is 0 Å². The summed E-state index contributed by atoms with van der Waals surface area (Å²) >= 11 is 0. The SMILES string of the molecule is NC(=O)c1conc1C1CCC1. The van der Waals surface area contributed by atoms with Crippen LogP contribution in [0.3, 0.4) is 0 Å². The van der Waals surface area contributed by atoms with Gasteiger partial charge in [-0.2, -0.15) is 0 Å². The summed E-state index contributed by atoms with van der Waals surface area (Å²) in [5, 5.41) is 3.78. The van der Waals surface area contributed by atoms with Crippen LogP contribution in [0.25, 0.3) is 0 Å². The Morgan fingerprint density at radius 3 is 2.92 bits per heavy atom. The van der Waals surface area contributed by atoms with E-state index in [1.54, 1.807) is 0 Å². The number of hydrogen-bond acceptors (Lipinski definition) is 3. The average Bonchev–Trinajstić information content (AvgIpc) is 2.31. The number of nitrogens with zero attached hydrogens (tertiary/aromatic N) is 1. The molecule has 12 heavy (non-hydrogen) atoms. The molecule has 1 aromatic heterocycles. The quantitative estimate of drug-likeness (QED) is 0.713. The Balaban J connectivity index is 2.29. The Morgan fingerprint density at radius 2 is 2.42 bits per heavy atom. The van der Waals surface area contributed by atoms with Gasteiger partial charge in [0.15, 0.2) is 0 Å². The van der Waals surface area contributed by atoms with Crippen LogP contribution in [0.15, 0.2) is 10.8 Å². The molecule has 1 saturated carbocycles. The fourth-order valence-electron chi connectivity index (χ4n) is 1.41. The zero-order valence-corrected chi connectivity index (χ0v) is 6.62. The number of carbonyl (C=O) groups is 1. The summed E-state index contributed by atoms with van der Waals surface area (Å²) in [5.41, 5.74) is 6.33. The molecule has 0 aliphatic heterocycles. The summed E-state index contributed by atoms with van der Waals surface area (Å²) in [6.45, 7) is 0. The average molecular weight is 166 g/mol. The Morgan fingerprint density at radius 1 is 1.67 bits per heavy atom. The second kappa shape index (κ2) is 2.62. The summed E-state index contributed by atoms with van der Waals surface area (Å²) in [7, 11) is 0. The summed E-state index contributed by atoms with van der Waals surface area (Å²) in [6.07, 6.45) is 4.71. The first kappa shape index (κ1) is 7.34. The number of aromatic nitrogens is 1. The Kier molecular flexibility index (Phi) is 1.60. The lowest BCUT2D eigenvalue weighted by Crippen LogP contribution is -2.17. The molecule has 0 aromatic carbocycles. The number of hydrogen-bond donors (Lipinski definition) is 1. The van der Waals surface area contributed by atoms with Crippen LogP contribution in [-0.2, 0) is 0 Å². The van der Waals surface area contributed by atoms with Gasteiger partial charge in [-0.3, -0.25) is 4.79 Å². The third-order valence-corrected chi connectivity index (χ3v) is 2.35. The number of primary amides is 1. The maximum atomic E-state index is 10.8. The molecular weight excluding hydrogens is 156 g/mol. The highest BCUT2D eigenvalue weighted by molar-refractivity contribution is 5.93. The van der Waals surface area contributed by atoms with E-state index in [9.17, 15) is 4.79 Å². The maximum absolute atomic E-state index is 10.8. The number of carbonyl (C=O) groups excluding carboxylic acids is 1. The number of nitrogens with two attached hydrogens (primary N) is 1. The van der Waals surface area contributed by atoms with Crippen LogP contribution < -0.4 is 5.73 Å². The van der Waals surface area contributed by atoms with Crippen molar-refractivity contribution in [2.24, 2.45) is 5.73 Å². The Labute approximate surface area is 69.7 Å². The third kappa shape index (κ3) is 0.995. The third-order valence-electron chi connectivity index (χ3n) is 2.35. The van der Waals surface area contributed by atoms with E-state index in [1.165, 1.54) is 12.7 Å².